The first kappa shape index (κ1) is 26.0. The fourth-order valence-corrected chi connectivity index (χ4v) is 12.0. The first-order chi connectivity index (χ1) is 18.2. The summed E-state index contributed by atoms with van der Waals surface area (Å²) in [6.45, 7) is 7.15. The van der Waals surface area contributed by atoms with Crippen LogP contribution in [0.15, 0.2) is 30.4 Å². The molecule has 1 unspecified atom stereocenters. The third kappa shape index (κ3) is 3.67. The van der Waals surface area contributed by atoms with Crippen molar-refractivity contribution in [2.45, 2.75) is 89.4 Å². The van der Waals surface area contributed by atoms with Crippen molar-refractivity contribution in [3.63, 3.8) is 0 Å². The summed E-state index contributed by atoms with van der Waals surface area (Å²) in [5, 5.41) is 24.0. The van der Waals surface area contributed by atoms with Crippen molar-refractivity contribution in [1.29, 1.82) is 0 Å². The van der Waals surface area contributed by atoms with Crippen LogP contribution in [0.4, 0.5) is 0 Å². The monoisotopic (exact) mass is 555 g/mol. The smallest absolute Gasteiger partial charge is 0.0938 e. The Morgan fingerprint density at radius 2 is 1.95 bits per heavy atom. The molecule has 5 fully saturated rings. The number of hydrogen-bond donors (Lipinski definition) is 2. The van der Waals surface area contributed by atoms with E-state index in [1.54, 1.807) is 11.3 Å². The lowest BCUT2D eigenvalue weighted by Gasteiger charge is -2.63. The number of methoxy groups -OCH3 is 1. The van der Waals surface area contributed by atoms with E-state index in [4.69, 9.17) is 21.3 Å². The van der Waals surface area contributed by atoms with Gasteiger partial charge in [-0.3, -0.25) is 0 Å². The lowest BCUT2D eigenvalue weighted by atomic mass is 9.43. The van der Waals surface area contributed by atoms with Gasteiger partial charge in [0.2, 0.25) is 0 Å². The fourth-order valence-electron chi connectivity index (χ4n) is 10.8. The molecular weight excluding hydrogens is 514 g/mol. The topological polar surface area (TPSA) is 62.6 Å². The van der Waals surface area contributed by atoms with Crippen molar-refractivity contribution < 1.29 is 14.9 Å². The first-order valence-electron chi connectivity index (χ1n) is 14.9. The van der Waals surface area contributed by atoms with Crippen LogP contribution in [0.25, 0.3) is 10.2 Å². The van der Waals surface area contributed by atoms with Crippen LogP contribution >= 0.6 is 22.9 Å². The summed E-state index contributed by atoms with van der Waals surface area (Å²) in [5.41, 5.74) is 2.72. The van der Waals surface area contributed by atoms with Crippen molar-refractivity contribution in [1.82, 2.24) is 4.98 Å². The maximum atomic E-state index is 11.7. The molecule has 1 heterocycles. The molecule has 2 N–H and O–H groups in total. The molecule has 38 heavy (non-hydrogen) atoms. The molecule has 0 bridgehead atoms. The van der Waals surface area contributed by atoms with Crippen molar-refractivity contribution >= 4 is 33.2 Å². The standard InChI is InChI=1S/C32H42ClNO3S/c1-17-16-32-22(21(17)5-9-29-34-25-14-19(33)4-8-27(25)38-29)6-7-23(32)30-24(15-28(32)37-3)31(2)11-10-20(35)12-18(31)13-26(30)36/h4,8,14,18,20-24,26,28,30,35-36H,1,5-7,9-13,15-16H2,2-3H3/t18-,20+,21?,22+,23-,24-,26+,28-,30-,31-,32+/m0/s1. The molecule has 1 aromatic heterocycles. The van der Waals surface area contributed by atoms with Crippen molar-refractivity contribution in [3.05, 3.63) is 40.4 Å². The van der Waals surface area contributed by atoms with Crippen LogP contribution in [0.1, 0.15) is 69.7 Å². The highest BCUT2D eigenvalue weighted by molar-refractivity contribution is 7.18. The quantitative estimate of drug-likeness (QED) is 0.397. The second-order valence-electron chi connectivity index (χ2n) is 13.7. The van der Waals surface area contributed by atoms with E-state index >= 15 is 0 Å². The normalized spacial score (nSPS) is 46.0. The molecule has 0 amide bonds. The summed E-state index contributed by atoms with van der Waals surface area (Å²) in [4.78, 5) is 4.90. The van der Waals surface area contributed by atoms with Crippen LogP contribution in [0.5, 0.6) is 0 Å². The van der Waals surface area contributed by atoms with Crippen LogP contribution in [0.2, 0.25) is 5.02 Å². The second-order valence-corrected chi connectivity index (χ2v) is 15.2. The van der Waals surface area contributed by atoms with Gasteiger partial charge < -0.3 is 14.9 Å². The summed E-state index contributed by atoms with van der Waals surface area (Å²) in [5.74, 6) is 2.83. The minimum Gasteiger partial charge on any atom is -0.393 e. The average Bonchev–Trinajstić information content (AvgIpc) is 3.53. The third-order valence-corrected chi connectivity index (χ3v) is 13.7. The number of thiazole rings is 1. The van der Waals surface area contributed by atoms with Gasteiger partial charge in [-0.1, -0.05) is 30.7 Å². The Bertz CT molecular complexity index is 1250. The van der Waals surface area contributed by atoms with Crippen LogP contribution < -0.4 is 0 Å². The molecule has 7 rings (SSSR count). The van der Waals surface area contributed by atoms with Gasteiger partial charge in [0.05, 0.1) is 33.5 Å². The molecule has 0 radical (unpaired) electrons. The highest BCUT2D eigenvalue weighted by atomic mass is 35.5. The van der Waals surface area contributed by atoms with E-state index in [2.05, 4.69) is 19.6 Å². The molecule has 4 nitrogen and oxygen atoms in total. The maximum Gasteiger partial charge on any atom is 0.0938 e. The number of aryl methyl sites for hydroxylation is 1. The molecule has 5 aliphatic rings. The van der Waals surface area contributed by atoms with E-state index in [-0.39, 0.29) is 29.1 Å². The van der Waals surface area contributed by atoms with Gasteiger partial charge in [0.1, 0.15) is 0 Å². The SMILES string of the molecule is C=C1C[C@]23[C@@H](OC)C[C@H]4[C@@H]([C@H](O)C[C@@H]5C[C@H](O)CC[C@@]54C)[C@@H]2CC[C@@H]3C1CCc1nc2cc(Cl)ccc2s1. The predicted octanol–water partition coefficient (Wildman–Crippen LogP) is 7.05. The van der Waals surface area contributed by atoms with E-state index in [0.717, 1.165) is 61.9 Å². The first-order valence-corrected chi connectivity index (χ1v) is 16.1. The number of aliphatic hydroxyl groups excluding tert-OH is 2. The lowest BCUT2D eigenvalue weighted by Crippen LogP contribution is -2.62. The van der Waals surface area contributed by atoms with Crippen LogP contribution in [-0.2, 0) is 11.2 Å². The number of nitrogens with zero attached hydrogens (tertiary/aromatic N) is 1. The van der Waals surface area contributed by atoms with E-state index in [1.165, 1.54) is 28.1 Å². The molecule has 0 aliphatic heterocycles. The van der Waals surface area contributed by atoms with Crippen molar-refractivity contribution in [2.24, 2.45) is 46.3 Å². The Morgan fingerprint density at radius 1 is 1.13 bits per heavy atom. The number of aromatic nitrogens is 1. The number of halogens is 1. The summed E-state index contributed by atoms with van der Waals surface area (Å²) < 4.78 is 7.66. The molecule has 0 saturated heterocycles. The molecule has 1 spiro atoms. The summed E-state index contributed by atoms with van der Waals surface area (Å²) >= 11 is 8.00. The number of ether oxygens (including phenoxy) is 1. The zero-order valence-corrected chi connectivity index (χ0v) is 24.3. The molecule has 1 aromatic carbocycles. The number of fused-ring (bicyclic) bond motifs is 5. The van der Waals surface area contributed by atoms with Gasteiger partial charge in [-0.2, -0.15) is 0 Å². The highest BCUT2D eigenvalue weighted by Gasteiger charge is 2.70. The Hall–Kier alpha value is -0.980. The number of allylic oxidation sites excluding steroid dienone is 1. The lowest BCUT2D eigenvalue weighted by molar-refractivity contribution is -0.211. The number of benzene rings is 1. The summed E-state index contributed by atoms with van der Waals surface area (Å²) in [6, 6.07) is 6.00. The van der Waals surface area contributed by atoms with Crippen LogP contribution in [0.3, 0.4) is 0 Å². The van der Waals surface area contributed by atoms with Gasteiger partial charge in [-0.15, -0.1) is 11.3 Å². The van der Waals surface area contributed by atoms with E-state index in [1.807, 2.05) is 19.2 Å². The molecule has 6 heteroatoms. The molecule has 11 atom stereocenters. The van der Waals surface area contributed by atoms with Crippen LogP contribution in [0, 0.1) is 46.3 Å². The van der Waals surface area contributed by atoms with E-state index in [0.29, 0.717) is 35.5 Å². The maximum absolute atomic E-state index is 11.7. The largest absolute Gasteiger partial charge is 0.393 e. The van der Waals surface area contributed by atoms with Crippen molar-refractivity contribution in [2.75, 3.05) is 7.11 Å². The molecule has 2 aromatic rings. The summed E-state index contributed by atoms with van der Waals surface area (Å²) in [6.07, 6.45) is 10.0. The Balaban J connectivity index is 1.16. The fraction of sp³-hybridized carbons (Fsp3) is 0.719. The van der Waals surface area contributed by atoms with E-state index in [9.17, 15) is 10.2 Å². The Kier molecular flexibility index (Phi) is 6.33. The Morgan fingerprint density at radius 3 is 2.76 bits per heavy atom. The molecule has 5 saturated carbocycles. The zero-order valence-electron chi connectivity index (χ0n) is 22.7. The summed E-state index contributed by atoms with van der Waals surface area (Å²) in [7, 11) is 1.93. The van der Waals surface area contributed by atoms with E-state index < -0.39 is 0 Å². The minimum absolute atomic E-state index is 0.108. The van der Waals surface area contributed by atoms with Gasteiger partial charge in [0.25, 0.3) is 0 Å². The van der Waals surface area contributed by atoms with Crippen molar-refractivity contribution in [3.8, 4) is 0 Å². The third-order valence-electron chi connectivity index (χ3n) is 12.4. The second kappa shape index (κ2) is 9.27. The molecule has 5 aliphatic carbocycles. The predicted molar refractivity (Wildman–Crippen MR) is 153 cm³/mol. The van der Waals surface area contributed by atoms with Gasteiger partial charge in [0, 0.05) is 17.5 Å². The molecule has 206 valence electrons. The number of aliphatic hydroxyl groups is 2. The van der Waals surface area contributed by atoms with Gasteiger partial charge in [-0.05, 0) is 123 Å². The average molecular weight is 556 g/mol. The minimum atomic E-state index is -0.260. The highest BCUT2D eigenvalue weighted by Crippen LogP contribution is 2.73. The van der Waals surface area contributed by atoms with Gasteiger partial charge in [-0.25, -0.2) is 4.98 Å². The van der Waals surface area contributed by atoms with Gasteiger partial charge >= 0.3 is 0 Å². The van der Waals surface area contributed by atoms with Crippen LogP contribution in [-0.4, -0.2) is 40.6 Å². The number of rotatable bonds is 4. The Labute approximate surface area is 235 Å². The number of hydrogen-bond acceptors (Lipinski definition) is 5. The zero-order chi connectivity index (χ0) is 26.4. The van der Waals surface area contributed by atoms with Gasteiger partial charge in [0.15, 0.2) is 0 Å². The molecular formula is C32H42ClNO3S.